The van der Waals surface area contributed by atoms with Crippen LogP contribution in [0.1, 0.15) is 50.5 Å². The normalized spacial score (nSPS) is 21.5. The van der Waals surface area contributed by atoms with Crippen LogP contribution in [0.25, 0.3) is 0 Å². The number of allylic oxidation sites excluding steroid dienone is 1. The summed E-state index contributed by atoms with van der Waals surface area (Å²) in [4.78, 5) is 34.8. The average molecular weight is 399 g/mol. The zero-order chi connectivity index (χ0) is 19.7. The van der Waals surface area contributed by atoms with Crippen molar-refractivity contribution in [1.82, 2.24) is 0 Å². The first kappa shape index (κ1) is 19.1. The Balaban J connectivity index is 1.37. The lowest BCUT2D eigenvalue weighted by molar-refractivity contribution is -0.119. The second-order valence-corrected chi connectivity index (χ2v) is 8.49. The third-order valence-corrected chi connectivity index (χ3v) is 6.54. The number of anilines is 1. The van der Waals surface area contributed by atoms with Gasteiger partial charge in [0.15, 0.2) is 0 Å². The van der Waals surface area contributed by atoms with E-state index in [1.54, 1.807) is 30.8 Å². The highest BCUT2D eigenvalue weighted by molar-refractivity contribution is 8.17. The van der Waals surface area contributed by atoms with E-state index in [9.17, 15) is 14.0 Å². The maximum Gasteiger partial charge on any atom is 0.261 e. The SMILES string of the molecule is Cc1ccc(NC(=O)CCC2=NC(=O)C3C(=N2)SC2=C3CCCCC2)cc1F. The molecule has 1 aliphatic carbocycles. The van der Waals surface area contributed by atoms with Crippen molar-refractivity contribution in [3.05, 3.63) is 40.1 Å². The molecule has 0 aromatic heterocycles. The zero-order valence-electron chi connectivity index (χ0n) is 15.8. The number of aryl methyl sites for hydroxylation is 1. The van der Waals surface area contributed by atoms with Crippen LogP contribution in [0.4, 0.5) is 10.1 Å². The summed E-state index contributed by atoms with van der Waals surface area (Å²) >= 11 is 1.62. The summed E-state index contributed by atoms with van der Waals surface area (Å²) in [6.45, 7) is 1.67. The number of aliphatic imine (C=N–C) groups is 2. The minimum atomic E-state index is -0.358. The average Bonchev–Trinajstić information content (AvgIpc) is 2.85. The second kappa shape index (κ2) is 7.99. The molecule has 0 saturated carbocycles. The fourth-order valence-electron chi connectivity index (χ4n) is 3.75. The van der Waals surface area contributed by atoms with E-state index in [2.05, 4.69) is 15.3 Å². The van der Waals surface area contributed by atoms with Gasteiger partial charge in [0, 0.05) is 18.5 Å². The number of thioether (sulfide) groups is 1. The van der Waals surface area contributed by atoms with E-state index in [-0.39, 0.29) is 36.4 Å². The number of rotatable bonds is 4. The molecule has 2 aliphatic heterocycles. The van der Waals surface area contributed by atoms with E-state index in [1.165, 1.54) is 23.0 Å². The van der Waals surface area contributed by atoms with Crippen LogP contribution in [0.3, 0.4) is 0 Å². The van der Waals surface area contributed by atoms with Crippen LogP contribution in [0, 0.1) is 18.7 Å². The van der Waals surface area contributed by atoms with Crippen molar-refractivity contribution in [2.24, 2.45) is 15.9 Å². The standard InChI is InChI=1S/C21H22FN3O2S/c1-12-7-8-13(11-15(12)22)23-18(26)10-9-17-24-20(27)19-14-5-3-2-4-6-16(14)28-21(19)25-17/h7-8,11,19H,2-6,9-10H2,1H3,(H,23,26). The molecule has 4 rings (SSSR count). The number of hydrogen-bond donors (Lipinski definition) is 1. The van der Waals surface area contributed by atoms with Crippen LogP contribution >= 0.6 is 11.8 Å². The van der Waals surface area contributed by atoms with Crippen molar-refractivity contribution in [3.8, 4) is 0 Å². The molecule has 1 N–H and O–H groups in total. The highest BCUT2D eigenvalue weighted by Crippen LogP contribution is 2.46. The van der Waals surface area contributed by atoms with Crippen LogP contribution in [0.15, 0.2) is 38.7 Å². The van der Waals surface area contributed by atoms with Gasteiger partial charge in [-0.25, -0.2) is 9.38 Å². The molecule has 7 heteroatoms. The number of fused-ring (bicyclic) bond motifs is 2. The Kier molecular flexibility index (Phi) is 5.44. The lowest BCUT2D eigenvalue weighted by atomic mass is 9.94. The van der Waals surface area contributed by atoms with Crippen LogP contribution < -0.4 is 5.32 Å². The lowest BCUT2D eigenvalue weighted by Gasteiger charge is -2.16. The number of benzene rings is 1. The predicted octanol–water partition coefficient (Wildman–Crippen LogP) is 4.77. The maximum atomic E-state index is 13.6. The van der Waals surface area contributed by atoms with Gasteiger partial charge in [-0.2, -0.15) is 4.99 Å². The molecule has 0 bridgehead atoms. The first-order valence-corrected chi connectivity index (χ1v) is 10.5. The van der Waals surface area contributed by atoms with E-state index < -0.39 is 0 Å². The first-order valence-electron chi connectivity index (χ1n) is 9.67. The minimum absolute atomic E-state index is 0.140. The summed E-state index contributed by atoms with van der Waals surface area (Å²) in [5, 5.41) is 3.50. The number of carbonyl (C=O) groups is 2. The van der Waals surface area contributed by atoms with Gasteiger partial charge in [-0.15, -0.1) is 0 Å². The van der Waals surface area contributed by atoms with E-state index in [4.69, 9.17) is 0 Å². The summed E-state index contributed by atoms with van der Waals surface area (Å²) < 4.78 is 13.6. The quantitative estimate of drug-likeness (QED) is 0.793. The third-order valence-electron chi connectivity index (χ3n) is 5.29. The number of halogens is 1. The number of carbonyl (C=O) groups excluding carboxylic acids is 2. The highest BCUT2D eigenvalue weighted by Gasteiger charge is 2.39. The Morgan fingerprint density at radius 3 is 2.89 bits per heavy atom. The molecule has 2 amide bonds. The van der Waals surface area contributed by atoms with E-state index in [1.807, 2.05) is 0 Å². The molecular weight excluding hydrogens is 377 g/mol. The summed E-state index contributed by atoms with van der Waals surface area (Å²) in [6, 6.07) is 4.58. The molecule has 1 atom stereocenters. The number of amides is 2. The van der Waals surface area contributed by atoms with E-state index in [0.29, 0.717) is 17.1 Å². The summed E-state index contributed by atoms with van der Waals surface area (Å²) in [5.41, 5.74) is 2.16. The number of amidine groups is 1. The molecule has 0 spiro atoms. The third kappa shape index (κ3) is 3.94. The van der Waals surface area contributed by atoms with Crippen LogP contribution in [0.2, 0.25) is 0 Å². The second-order valence-electron chi connectivity index (χ2n) is 7.37. The molecule has 0 fully saturated rings. The van der Waals surface area contributed by atoms with Crippen LogP contribution in [-0.4, -0.2) is 22.7 Å². The first-order chi connectivity index (χ1) is 13.5. The Morgan fingerprint density at radius 2 is 2.07 bits per heavy atom. The molecular formula is C21H22FN3O2S. The number of hydrogen-bond acceptors (Lipinski definition) is 4. The Bertz CT molecular complexity index is 936. The number of nitrogens with one attached hydrogen (secondary N) is 1. The zero-order valence-corrected chi connectivity index (χ0v) is 16.6. The predicted molar refractivity (Wildman–Crippen MR) is 110 cm³/mol. The fourth-order valence-corrected chi connectivity index (χ4v) is 5.11. The molecule has 5 nitrogen and oxygen atoms in total. The van der Waals surface area contributed by atoms with Gasteiger partial charge in [-0.05, 0) is 60.8 Å². The van der Waals surface area contributed by atoms with E-state index in [0.717, 1.165) is 30.7 Å². The lowest BCUT2D eigenvalue weighted by Crippen LogP contribution is -2.26. The largest absolute Gasteiger partial charge is 0.326 e. The van der Waals surface area contributed by atoms with Crippen molar-refractivity contribution >= 4 is 40.1 Å². The Labute approximate surface area is 167 Å². The topological polar surface area (TPSA) is 70.9 Å². The maximum absolute atomic E-state index is 13.6. The summed E-state index contributed by atoms with van der Waals surface area (Å²) in [6.07, 6.45) is 5.88. The van der Waals surface area contributed by atoms with Gasteiger partial charge in [-0.1, -0.05) is 24.2 Å². The molecule has 0 radical (unpaired) electrons. The summed E-state index contributed by atoms with van der Waals surface area (Å²) in [7, 11) is 0. The molecule has 146 valence electrons. The van der Waals surface area contributed by atoms with Gasteiger partial charge < -0.3 is 5.32 Å². The van der Waals surface area contributed by atoms with Crippen molar-refractivity contribution in [3.63, 3.8) is 0 Å². The van der Waals surface area contributed by atoms with Crippen molar-refractivity contribution in [2.45, 2.75) is 51.9 Å². The molecule has 28 heavy (non-hydrogen) atoms. The van der Waals surface area contributed by atoms with Crippen molar-refractivity contribution in [1.29, 1.82) is 0 Å². The Hall–Kier alpha value is -2.28. The highest BCUT2D eigenvalue weighted by atomic mass is 32.2. The van der Waals surface area contributed by atoms with Crippen molar-refractivity contribution in [2.75, 3.05) is 5.32 Å². The monoisotopic (exact) mass is 399 g/mol. The molecule has 1 aromatic rings. The van der Waals surface area contributed by atoms with Gasteiger partial charge in [0.2, 0.25) is 5.91 Å². The van der Waals surface area contributed by atoms with Crippen LogP contribution in [-0.2, 0) is 9.59 Å². The molecule has 0 saturated heterocycles. The fraction of sp³-hybridized carbons (Fsp3) is 0.429. The molecule has 1 unspecified atom stereocenters. The Morgan fingerprint density at radius 1 is 1.25 bits per heavy atom. The smallest absolute Gasteiger partial charge is 0.261 e. The molecule has 2 heterocycles. The van der Waals surface area contributed by atoms with Gasteiger partial charge in [-0.3, -0.25) is 9.59 Å². The van der Waals surface area contributed by atoms with Crippen LogP contribution in [0.5, 0.6) is 0 Å². The number of nitrogens with zero attached hydrogens (tertiary/aromatic N) is 2. The molecule has 3 aliphatic rings. The van der Waals surface area contributed by atoms with E-state index >= 15 is 0 Å². The molecule has 1 aromatic carbocycles. The minimum Gasteiger partial charge on any atom is -0.326 e. The van der Waals surface area contributed by atoms with Crippen molar-refractivity contribution < 1.29 is 14.0 Å². The van der Waals surface area contributed by atoms with Gasteiger partial charge in [0.05, 0.1) is 5.04 Å². The van der Waals surface area contributed by atoms with Gasteiger partial charge >= 0.3 is 0 Å². The van der Waals surface area contributed by atoms with Gasteiger partial charge in [0.1, 0.15) is 17.6 Å². The summed E-state index contributed by atoms with van der Waals surface area (Å²) in [5.74, 6) is -0.644. The van der Waals surface area contributed by atoms with Gasteiger partial charge in [0.25, 0.3) is 5.91 Å².